The fourth-order valence-corrected chi connectivity index (χ4v) is 3.38. The van der Waals surface area contributed by atoms with Crippen LogP contribution in [0.2, 0.25) is 0 Å². The molecule has 1 aromatic rings. The van der Waals surface area contributed by atoms with Crippen molar-refractivity contribution >= 4 is 38.5 Å². The molecule has 0 saturated carbocycles. The van der Waals surface area contributed by atoms with Gasteiger partial charge in [-0.25, -0.2) is 4.39 Å². The standard InChI is InChI=1S/C13H16BrFN2S/c1-3-13(2)7-8-18-12(17-13)16-11-9(14)5-4-6-10(11)15/h4-6H,3,7-8H2,1-2H3,(H,16,17). The first-order valence-electron chi connectivity index (χ1n) is 5.98. The number of aliphatic imine (C=N–C) groups is 1. The highest BCUT2D eigenvalue weighted by atomic mass is 79.9. The molecule has 18 heavy (non-hydrogen) atoms. The summed E-state index contributed by atoms with van der Waals surface area (Å²) in [6.45, 7) is 4.28. The number of hydrogen-bond acceptors (Lipinski definition) is 3. The molecular formula is C13H16BrFN2S. The molecule has 1 N–H and O–H groups in total. The molecule has 1 aromatic carbocycles. The summed E-state index contributed by atoms with van der Waals surface area (Å²) >= 11 is 5.00. The second kappa shape index (κ2) is 5.61. The molecule has 2 nitrogen and oxygen atoms in total. The van der Waals surface area contributed by atoms with Crippen molar-refractivity contribution in [3.8, 4) is 0 Å². The summed E-state index contributed by atoms with van der Waals surface area (Å²) < 4.78 is 14.4. The Balaban J connectivity index is 2.24. The van der Waals surface area contributed by atoms with Gasteiger partial charge in [0, 0.05) is 10.2 Å². The van der Waals surface area contributed by atoms with Crippen LogP contribution in [0.15, 0.2) is 27.7 Å². The van der Waals surface area contributed by atoms with E-state index in [9.17, 15) is 4.39 Å². The second-order valence-electron chi connectivity index (χ2n) is 4.59. The fraction of sp³-hybridized carbons (Fsp3) is 0.462. The number of hydrogen-bond donors (Lipinski definition) is 1. The van der Waals surface area contributed by atoms with E-state index in [4.69, 9.17) is 4.99 Å². The quantitative estimate of drug-likeness (QED) is 0.852. The minimum atomic E-state index is -0.267. The molecule has 2 rings (SSSR count). The molecule has 1 heterocycles. The number of amidine groups is 1. The molecule has 0 aromatic heterocycles. The Bertz CT molecular complexity index is 458. The number of para-hydroxylation sites is 1. The highest BCUT2D eigenvalue weighted by Crippen LogP contribution is 2.32. The normalized spacial score (nSPS) is 23.7. The van der Waals surface area contributed by atoms with Crippen molar-refractivity contribution in [3.63, 3.8) is 0 Å². The Hall–Kier alpha value is -0.550. The fourth-order valence-electron chi connectivity index (χ4n) is 1.74. The van der Waals surface area contributed by atoms with E-state index in [-0.39, 0.29) is 11.4 Å². The van der Waals surface area contributed by atoms with Crippen LogP contribution in [0, 0.1) is 5.82 Å². The highest BCUT2D eigenvalue weighted by molar-refractivity contribution is 9.10. The average molecular weight is 331 g/mol. The van der Waals surface area contributed by atoms with Gasteiger partial charge >= 0.3 is 0 Å². The van der Waals surface area contributed by atoms with Crippen LogP contribution in [0.4, 0.5) is 10.1 Å². The lowest BCUT2D eigenvalue weighted by molar-refractivity contribution is 0.443. The summed E-state index contributed by atoms with van der Waals surface area (Å²) in [6.07, 6.45) is 2.06. The first kappa shape index (κ1) is 13.9. The van der Waals surface area contributed by atoms with Crippen LogP contribution < -0.4 is 5.32 Å². The predicted molar refractivity (Wildman–Crippen MR) is 80.9 cm³/mol. The molecule has 0 spiro atoms. The molecule has 0 fully saturated rings. The van der Waals surface area contributed by atoms with Gasteiger partial charge in [0.1, 0.15) is 5.82 Å². The van der Waals surface area contributed by atoms with Crippen LogP contribution in [-0.4, -0.2) is 16.5 Å². The second-order valence-corrected chi connectivity index (χ2v) is 6.53. The van der Waals surface area contributed by atoms with Gasteiger partial charge in [0.25, 0.3) is 0 Å². The van der Waals surface area contributed by atoms with E-state index in [1.165, 1.54) is 6.07 Å². The molecule has 98 valence electrons. The van der Waals surface area contributed by atoms with Gasteiger partial charge in [-0.05, 0) is 47.8 Å². The van der Waals surface area contributed by atoms with E-state index in [0.717, 1.165) is 28.2 Å². The van der Waals surface area contributed by atoms with Gasteiger partial charge in [-0.15, -0.1) is 0 Å². The third-order valence-electron chi connectivity index (χ3n) is 3.21. The lowest BCUT2D eigenvalue weighted by atomic mass is 9.97. The summed E-state index contributed by atoms with van der Waals surface area (Å²) in [5.74, 6) is 0.749. The van der Waals surface area contributed by atoms with Crippen LogP contribution in [-0.2, 0) is 0 Å². The first-order valence-corrected chi connectivity index (χ1v) is 7.75. The Morgan fingerprint density at radius 1 is 1.56 bits per heavy atom. The molecule has 0 aliphatic carbocycles. The maximum Gasteiger partial charge on any atom is 0.161 e. The molecule has 1 aliphatic heterocycles. The van der Waals surface area contributed by atoms with Crippen LogP contribution in [0.3, 0.4) is 0 Å². The SMILES string of the molecule is CCC1(C)CCSC(Nc2c(F)cccc2Br)=N1. The Kier molecular flexibility index (Phi) is 4.33. The van der Waals surface area contributed by atoms with Crippen molar-refractivity contribution in [3.05, 3.63) is 28.5 Å². The number of nitrogens with one attached hydrogen (secondary N) is 1. The van der Waals surface area contributed by atoms with Crippen molar-refractivity contribution in [1.29, 1.82) is 0 Å². The zero-order valence-corrected chi connectivity index (χ0v) is 12.9. The number of benzene rings is 1. The van der Waals surface area contributed by atoms with Gasteiger partial charge in [0.2, 0.25) is 0 Å². The molecule has 1 atom stereocenters. The van der Waals surface area contributed by atoms with E-state index in [0.29, 0.717) is 5.69 Å². The van der Waals surface area contributed by atoms with Gasteiger partial charge in [-0.1, -0.05) is 24.8 Å². The van der Waals surface area contributed by atoms with Gasteiger partial charge in [-0.2, -0.15) is 0 Å². The summed E-state index contributed by atoms with van der Waals surface area (Å²) in [6, 6.07) is 4.94. The number of anilines is 1. The first-order chi connectivity index (χ1) is 8.54. The maximum absolute atomic E-state index is 13.7. The molecule has 0 saturated heterocycles. The predicted octanol–water partition coefficient (Wildman–Crippen LogP) is 4.66. The molecule has 1 unspecified atom stereocenters. The number of rotatable bonds is 2. The molecule has 5 heteroatoms. The van der Waals surface area contributed by atoms with E-state index in [2.05, 4.69) is 35.1 Å². The monoisotopic (exact) mass is 330 g/mol. The zero-order chi connectivity index (χ0) is 13.2. The number of halogens is 2. The molecule has 1 aliphatic rings. The maximum atomic E-state index is 13.7. The van der Waals surface area contributed by atoms with Crippen molar-refractivity contribution in [2.24, 2.45) is 4.99 Å². The van der Waals surface area contributed by atoms with Crippen LogP contribution in [0.25, 0.3) is 0 Å². The summed E-state index contributed by atoms with van der Waals surface area (Å²) in [5.41, 5.74) is 0.440. The van der Waals surface area contributed by atoms with Crippen molar-refractivity contribution < 1.29 is 4.39 Å². The van der Waals surface area contributed by atoms with E-state index >= 15 is 0 Å². The molecule has 0 radical (unpaired) electrons. The topological polar surface area (TPSA) is 24.4 Å². The minimum Gasteiger partial charge on any atom is -0.332 e. The smallest absolute Gasteiger partial charge is 0.161 e. The van der Waals surface area contributed by atoms with Crippen molar-refractivity contribution in [2.75, 3.05) is 11.1 Å². The van der Waals surface area contributed by atoms with Crippen LogP contribution in [0.5, 0.6) is 0 Å². The summed E-state index contributed by atoms with van der Waals surface area (Å²) in [4.78, 5) is 4.69. The average Bonchev–Trinajstić information content (AvgIpc) is 2.34. The van der Waals surface area contributed by atoms with E-state index < -0.39 is 0 Å². The highest BCUT2D eigenvalue weighted by Gasteiger charge is 2.26. The Morgan fingerprint density at radius 3 is 3.00 bits per heavy atom. The Morgan fingerprint density at radius 2 is 2.33 bits per heavy atom. The third-order valence-corrected chi connectivity index (χ3v) is 4.74. The lowest BCUT2D eigenvalue weighted by Crippen LogP contribution is -2.29. The molecular weight excluding hydrogens is 315 g/mol. The lowest BCUT2D eigenvalue weighted by Gasteiger charge is -2.29. The van der Waals surface area contributed by atoms with E-state index in [1.54, 1.807) is 17.8 Å². The van der Waals surface area contributed by atoms with E-state index in [1.807, 2.05) is 6.07 Å². The van der Waals surface area contributed by atoms with Gasteiger partial charge < -0.3 is 5.32 Å². The van der Waals surface area contributed by atoms with Gasteiger partial charge in [0.05, 0.1) is 11.2 Å². The largest absolute Gasteiger partial charge is 0.332 e. The number of nitrogens with zero attached hydrogens (tertiary/aromatic N) is 1. The third kappa shape index (κ3) is 3.06. The van der Waals surface area contributed by atoms with Crippen molar-refractivity contribution in [2.45, 2.75) is 32.2 Å². The van der Waals surface area contributed by atoms with Crippen LogP contribution >= 0.6 is 27.7 Å². The molecule has 0 bridgehead atoms. The Labute approximate surface area is 120 Å². The van der Waals surface area contributed by atoms with Crippen LogP contribution in [0.1, 0.15) is 26.7 Å². The van der Waals surface area contributed by atoms with Gasteiger partial charge in [0.15, 0.2) is 5.17 Å². The number of thioether (sulfide) groups is 1. The summed E-state index contributed by atoms with van der Waals surface area (Å²) in [5, 5.41) is 3.90. The van der Waals surface area contributed by atoms with Crippen molar-refractivity contribution in [1.82, 2.24) is 0 Å². The minimum absolute atomic E-state index is 0.0225. The van der Waals surface area contributed by atoms with Gasteiger partial charge in [-0.3, -0.25) is 4.99 Å². The molecule has 0 amide bonds. The zero-order valence-electron chi connectivity index (χ0n) is 10.5. The summed E-state index contributed by atoms with van der Waals surface area (Å²) in [7, 11) is 0.